The van der Waals surface area contributed by atoms with Crippen LogP contribution in [-0.2, 0) is 14.8 Å². The van der Waals surface area contributed by atoms with Gasteiger partial charge in [0.25, 0.3) is 0 Å². The zero-order valence-corrected chi connectivity index (χ0v) is 13.4. The minimum atomic E-state index is -3.44. The third-order valence-electron chi connectivity index (χ3n) is 3.62. The van der Waals surface area contributed by atoms with Crippen LogP contribution >= 0.6 is 0 Å². The number of benzene rings is 1. The predicted molar refractivity (Wildman–Crippen MR) is 85.4 cm³/mol. The molecule has 1 fully saturated rings. The molecule has 7 nitrogen and oxygen atoms in total. The van der Waals surface area contributed by atoms with Crippen LogP contribution < -0.4 is 20.5 Å². The lowest BCUT2D eigenvalue weighted by Gasteiger charge is -2.16. The summed E-state index contributed by atoms with van der Waals surface area (Å²) < 4.78 is 30.3. The van der Waals surface area contributed by atoms with E-state index < -0.39 is 10.0 Å². The second-order valence-electron chi connectivity index (χ2n) is 5.55. The van der Waals surface area contributed by atoms with Crippen molar-refractivity contribution < 1.29 is 17.9 Å². The van der Waals surface area contributed by atoms with Gasteiger partial charge < -0.3 is 15.8 Å². The fourth-order valence-corrected chi connectivity index (χ4v) is 3.11. The van der Waals surface area contributed by atoms with E-state index in [1.807, 2.05) is 0 Å². The van der Waals surface area contributed by atoms with Crippen molar-refractivity contribution in [3.8, 4) is 5.75 Å². The van der Waals surface area contributed by atoms with E-state index in [4.69, 9.17) is 10.5 Å². The van der Waals surface area contributed by atoms with Gasteiger partial charge in [0.1, 0.15) is 5.75 Å². The molecule has 0 unspecified atom stereocenters. The molecule has 1 aliphatic rings. The monoisotopic (exact) mass is 327 g/mol. The molecule has 1 aliphatic carbocycles. The highest BCUT2D eigenvalue weighted by Gasteiger charge is 2.28. The van der Waals surface area contributed by atoms with Crippen LogP contribution in [0.25, 0.3) is 0 Å². The maximum atomic E-state index is 12.3. The number of carbonyl (C=O) groups excluding carboxylic acids is 1. The minimum Gasteiger partial charge on any atom is -0.497 e. The van der Waals surface area contributed by atoms with Crippen LogP contribution in [0, 0.1) is 5.92 Å². The molecule has 2 atom stereocenters. The molecule has 8 heteroatoms. The molecular weight excluding hydrogens is 306 g/mol. The first-order valence-electron chi connectivity index (χ1n) is 7.01. The fraction of sp³-hybridized carbons (Fsp3) is 0.500. The first-order valence-corrected chi connectivity index (χ1v) is 8.90. The van der Waals surface area contributed by atoms with Gasteiger partial charge in [0.05, 0.1) is 24.7 Å². The summed E-state index contributed by atoms with van der Waals surface area (Å²) >= 11 is 0. The van der Waals surface area contributed by atoms with Gasteiger partial charge in [-0.05, 0) is 31.4 Å². The van der Waals surface area contributed by atoms with Gasteiger partial charge in [-0.2, -0.15) is 0 Å². The van der Waals surface area contributed by atoms with Gasteiger partial charge in [0.15, 0.2) is 0 Å². The van der Waals surface area contributed by atoms with E-state index >= 15 is 0 Å². The number of sulfonamides is 1. The van der Waals surface area contributed by atoms with Gasteiger partial charge in [-0.1, -0.05) is 0 Å². The van der Waals surface area contributed by atoms with E-state index in [2.05, 4.69) is 10.0 Å². The van der Waals surface area contributed by atoms with E-state index in [1.54, 1.807) is 18.2 Å². The normalized spacial score (nSPS) is 21.4. The zero-order chi connectivity index (χ0) is 16.3. The summed E-state index contributed by atoms with van der Waals surface area (Å²) in [5.41, 5.74) is 6.50. The molecule has 1 amide bonds. The number of hydrogen-bond donors (Lipinski definition) is 3. The Kier molecular flexibility index (Phi) is 4.92. The third-order valence-corrected chi connectivity index (χ3v) is 4.21. The summed E-state index contributed by atoms with van der Waals surface area (Å²) in [4.78, 5) is 12.3. The Bertz CT molecular complexity index is 660. The van der Waals surface area contributed by atoms with Crippen LogP contribution in [0.5, 0.6) is 5.75 Å². The summed E-state index contributed by atoms with van der Waals surface area (Å²) in [7, 11) is -1.94. The number of amides is 1. The number of rotatable bonds is 5. The highest BCUT2D eigenvalue weighted by Crippen LogP contribution is 2.30. The number of nitrogens with two attached hydrogens (primary N) is 1. The molecule has 22 heavy (non-hydrogen) atoms. The average molecular weight is 327 g/mol. The molecule has 0 aromatic heterocycles. The van der Waals surface area contributed by atoms with E-state index in [9.17, 15) is 13.2 Å². The lowest BCUT2D eigenvalue weighted by Crippen LogP contribution is -2.24. The second-order valence-corrected chi connectivity index (χ2v) is 7.29. The smallest absolute Gasteiger partial charge is 0.229 e. The van der Waals surface area contributed by atoms with Crippen LogP contribution in [0.4, 0.5) is 11.4 Å². The standard InChI is InChI=1S/C14H21N3O4S/c1-21-11-5-6-12(17-22(2,19)20)13(8-11)16-14(18)9-3-4-10(15)7-9/h5-6,8-10,17H,3-4,7,15H2,1-2H3,(H,16,18)/t9-,10+/m1/s1. The molecule has 1 saturated carbocycles. The van der Waals surface area contributed by atoms with Crippen LogP contribution in [0.15, 0.2) is 18.2 Å². The number of hydrogen-bond acceptors (Lipinski definition) is 5. The lowest BCUT2D eigenvalue weighted by atomic mass is 10.1. The molecule has 0 spiro atoms. The highest BCUT2D eigenvalue weighted by atomic mass is 32.2. The largest absolute Gasteiger partial charge is 0.497 e. The Morgan fingerprint density at radius 2 is 2.05 bits per heavy atom. The van der Waals surface area contributed by atoms with Gasteiger partial charge in [0, 0.05) is 18.0 Å². The van der Waals surface area contributed by atoms with Gasteiger partial charge in [-0.3, -0.25) is 9.52 Å². The zero-order valence-electron chi connectivity index (χ0n) is 12.6. The Morgan fingerprint density at radius 3 is 2.59 bits per heavy atom. The topological polar surface area (TPSA) is 111 Å². The molecule has 0 aliphatic heterocycles. The van der Waals surface area contributed by atoms with Gasteiger partial charge >= 0.3 is 0 Å². The van der Waals surface area contributed by atoms with Crippen molar-refractivity contribution in [3.05, 3.63) is 18.2 Å². The van der Waals surface area contributed by atoms with Gasteiger partial charge in [-0.25, -0.2) is 8.42 Å². The van der Waals surface area contributed by atoms with E-state index in [0.29, 0.717) is 23.5 Å². The van der Waals surface area contributed by atoms with Crippen molar-refractivity contribution in [1.29, 1.82) is 0 Å². The predicted octanol–water partition coefficient (Wildman–Crippen LogP) is 1.13. The maximum absolute atomic E-state index is 12.3. The van der Waals surface area contributed by atoms with Crippen molar-refractivity contribution >= 4 is 27.3 Å². The Hall–Kier alpha value is -1.80. The van der Waals surface area contributed by atoms with Gasteiger partial charge in [-0.15, -0.1) is 0 Å². The maximum Gasteiger partial charge on any atom is 0.229 e. The van der Waals surface area contributed by atoms with Gasteiger partial charge in [0.2, 0.25) is 15.9 Å². The quantitative estimate of drug-likeness (QED) is 0.751. The number of anilines is 2. The van der Waals surface area contributed by atoms with Crippen molar-refractivity contribution in [2.45, 2.75) is 25.3 Å². The minimum absolute atomic E-state index is 0.0506. The summed E-state index contributed by atoms with van der Waals surface area (Å²) in [6, 6.07) is 4.81. The molecule has 2 rings (SSSR count). The molecule has 1 aromatic carbocycles. The molecule has 0 bridgehead atoms. The summed E-state index contributed by atoms with van der Waals surface area (Å²) in [6.45, 7) is 0. The number of carbonyl (C=O) groups is 1. The lowest BCUT2D eigenvalue weighted by molar-refractivity contribution is -0.119. The number of methoxy groups -OCH3 is 1. The van der Waals surface area contributed by atoms with Crippen LogP contribution in [0.1, 0.15) is 19.3 Å². The van der Waals surface area contributed by atoms with E-state index in [0.717, 1.165) is 19.1 Å². The molecule has 0 heterocycles. The fourth-order valence-electron chi connectivity index (χ4n) is 2.53. The Morgan fingerprint density at radius 1 is 1.32 bits per heavy atom. The molecule has 1 aromatic rings. The molecular formula is C14H21N3O4S. The number of nitrogens with one attached hydrogen (secondary N) is 2. The van der Waals surface area contributed by atoms with Crippen molar-refractivity contribution in [3.63, 3.8) is 0 Å². The second kappa shape index (κ2) is 6.53. The highest BCUT2D eigenvalue weighted by molar-refractivity contribution is 7.92. The summed E-state index contributed by atoms with van der Waals surface area (Å²) in [5, 5.41) is 2.77. The van der Waals surface area contributed by atoms with Crippen LogP contribution in [0.3, 0.4) is 0 Å². The van der Waals surface area contributed by atoms with Crippen molar-refractivity contribution in [2.75, 3.05) is 23.4 Å². The van der Waals surface area contributed by atoms with Crippen molar-refractivity contribution in [2.24, 2.45) is 11.7 Å². The first-order chi connectivity index (χ1) is 10.3. The first kappa shape index (κ1) is 16.6. The van der Waals surface area contributed by atoms with Crippen LogP contribution in [0.2, 0.25) is 0 Å². The molecule has 0 radical (unpaired) electrons. The van der Waals surface area contributed by atoms with Crippen LogP contribution in [-0.4, -0.2) is 33.7 Å². The van der Waals surface area contributed by atoms with E-state index in [1.165, 1.54) is 7.11 Å². The van der Waals surface area contributed by atoms with Crippen molar-refractivity contribution in [1.82, 2.24) is 0 Å². The SMILES string of the molecule is COc1ccc(NS(C)(=O)=O)c(NC(=O)[C@@H]2CC[C@H](N)C2)c1. The summed E-state index contributed by atoms with van der Waals surface area (Å²) in [5.74, 6) is 0.225. The Balaban J connectivity index is 2.21. The third kappa shape index (κ3) is 4.35. The average Bonchev–Trinajstić information content (AvgIpc) is 2.86. The summed E-state index contributed by atoms with van der Waals surface area (Å²) in [6.07, 6.45) is 3.26. The molecule has 122 valence electrons. The molecule has 4 N–H and O–H groups in total. The van der Waals surface area contributed by atoms with E-state index in [-0.39, 0.29) is 17.9 Å². The Labute approximate surface area is 130 Å². The molecule has 0 saturated heterocycles. The number of ether oxygens (including phenoxy) is 1.